The van der Waals surface area contributed by atoms with Gasteiger partial charge in [-0.2, -0.15) is 0 Å². The number of fused-ring (bicyclic) bond motifs is 1. The number of rotatable bonds is 6. The molecule has 2 aromatic rings. The van der Waals surface area contributed by atoms with Crippen molar-refractivity contribution in [2.24, 2.45) is 11.7 Å². The Balaban J connectivity index is 2.19. The van der Waals surface area contributed by atoms with Gasteiger partial charge in [0.05, 0.1) is 0 Å². The summed E-state index contributed by atoms with van der Waals surface area (Å²) in [6, 6.07) is 8.22. The molecule has 0 spiro atoms. The maximum absolute atomic E-state index is 5.63. The molecule has 2 rings (SSSR count). The molecule has 0 fully saturated rings. The molecule has 1 aromatic carbocycles. The van der Waals surface area contributed by atoms with Gasteiger partial charge in [-0.15, -0.1) is 0 Å². The average molecular weight is 322 g/mol. The summed E-state index contributed by atoms with van der Waals surface area (Å²) in [5, 5.41) is 5.80. The second-order valence-corrected chi connectivity index (χ2v) is 5.58. The molecule has 3 nitrogen and oxygen atoms in total. The first kappa shape index (κ1) is 14.3. The lowest BCUT2D eigenvalue weighted by atomic mass is 10.0. The number of nitrogens with one attached hydrogen (secondary N) is 1. The van der Waals surface area contributed by atoms with Gasteiger partial charge in [0.15, 0.2) is 0 Å². The van der Waals surface area contributed by atoms with Gasteiger partial charge in [-0.05, 0) is 31.0 Å². The van der Waals surface area contributed by atoms with Gasteiger partial charge < -0.3 is 11.1 Å². The van der Waals surface area contributed by atoms with E-state index in [1.807, 2.05) is 18.3 Å². The Kier molecular flexibility index (Phi) is 5.16. The van der Waals surface area contributed by atoms with Crippen LogP contribution in [-0.4, -0.2) is 18.1 Å². The van der Waals surface area contributed by atoms with E-state index in [0.29, 0.717) is 5.92 Å². The van der Waals surface area contributed by atoms with E-state index < -0.39 is 0 Å². The van der Waals surface area contributed by atoms with Crippen molar-refractivity contribution in [1.29, 1.82) is 0 Å². The van der Waals surface area contributed by atoms with Crippen LogP contribution in [0.2, 0.25) is 0 Å². The highest BCUT2D eigenvalue weighted by molar-refractivity contribution is 9.10. The Labute approximate surface area is 122 Å². The van der Waals surface area contributed by atoms with Crippen LogP contribution in [-0.2, 0) is 0 Å². The Morgan fingerprint density at radius 1 is 1.32 bits per heavy atom. The highest BCUT2D eigenvalue weighted by Crippen LogP contribution is 2.27. The van der Waals surface area contributed by atoms with Crippen LogP contribution in [0.4, 0.5) is 5.82 Å². The van der Waals surface area contributed by atoms with Crippen LogP contribution < -0.4 is 11.1 Å². The number of hydrogen-bond donors (Lipinski definition) is 2. The van der Waals surface area contributed by atoms with Gasteiger partial charge >= 0.3 is 0 Å². The molecule has 0 aliphatic heterocycles. The van der Waals surface area contributed by atoms with E-state index in [4.69, 9.17) is 5.73 Å². The van der Waals surface area contributed by atoms with E-state index in [1.165, 1.54) is 5.39 Å². The standard InChI is InChI=1S/C15H20BrN3/c1-2-11(6-8-17)10-19-15-13-4-3-5-14(16)12(13)7-9-18-15/h3-5,7,9,11H,2,6,8,10,17H2,1H3,(H,18,19). The summed E-state index contributed by atoms with van der Waals surface area (Å²) in [4.78, 5) is 4.45. The largest absolute Gasteiger partial charge is 0.369 e. The molecule has 4 heteroatoms. The highest BCUT2D eigenvalue weighted by Gasteiger charge is 2.08. The molecule has 0 aliphatic rings. The molecule has 0 saturated carbocycles. The predicted molar refractivity (Wildman–Crippen MR) is 85.4 cm³/mol. The highest BCUT2D eigenvalue weighted by atomic mass is 79.9. The SMILES string of the molecule is CCC(CCN)CNc1nccc2c(Br)cccc12. The van der Waals surface area contributed by atoms with Gasteiger partial charge in [0, 0.05) is 28.0 Å². The molecule has 0 amide bonds. The Morgan fingerprint density at radius 3 is 2.89 bits per heavy atom. The van der Waals surface area contributed by atoms with Crippen LogP contribution >= 0.6 is 15.9 Å². The lowest BCUT2D eigenvalue weighted by molar-refractivity contribution is 0.501. The molecule has 0 aliphatic carbocycles. The fourth-order valence-corrected chi connectivity index (χ4v) is 2.74. The van der Waals surface area contributed by atoms with Crippen LogP contribution in [0.3, 0.4) is 0 Å². The summed E-state index contributed by atoms with van der Waals surface area (Å²) in [6.07, 6.45) is 4.04. The number of benzene rings is 1. The summed E-state index contributed by atoms with van der Waals surface area (Å²) in [5.41, 5.74) is 5.63. The van der Waals surface area contributed by atoms with E-state index >= 15 is 0 Å². The van der Waals surface area contributed by atoms with E-state index in [0.717, 1.165) is 41.6 Å². The average Bonchev–Trinajstić information content (AvgIpc) is 2.44. The number of nitrogens with zero attached hydrogens (tertiary/aromatic N) is 1. The zero-order valence-electron chi connectivity index (χ0n) is 11.2. The van der Waals surface area contributed by atoms with E-state index in [1.54, 1.807) is 0 Å². The maximum Gasteiger partial charge on any atom is 0.133 e. The molecule has 0 saturated heterocycles. The quantitative estimate of drug-likeness (QED) is 0.851. The van der Waals surface area contributed by atoms with Crippen molar-refractivity contribution in [1.82, 2.24) is 4.98 Å². The number of aromatic nitrogens is 1. The molecule has 0 bridgehead atoms. The Bertz CT molecular complexity index is 542. The van der Waals surface area contributed by atoms with Gasteiger partial charge in [-0.25, -0.2) is 4.98 Å². The monoisotopic (exact) mass is 321 g/mol. The van der Waals surface area contributed by atoms with Crippen molar-refractivity contribution in [3.63, 3.8) is 0 Å². The molecular weight excluding hydrogens is 302 g/mol. The molecule has 0 radical (unpaired) electrons. The maximum atomic E-state index is 5.63. The van der Waals surface area contributed by atoms with Crippen molar-refractivity contribution in [2.75, 3.05) is 18.4 Å². The summed E-state index contributed by atoms with van der Waals surface area (Å²) in [5.74, 6) is 1.56. The van der Waals surface area contributed by atoms with Crippen LogP contribution in [0.5, 0.6) is 0 Å². The van der Waals surface area contributed by atoms with Crippen molar-refractivity contribution >= 4 is 32.5 Å². The minimum atomic E-state index is 0.606. The van der Waals surface area contributed by atoms with Gasteiger partial charge in [-0.1, -0.05) is 41.4 Å². The topological polar surface area (TPSA) is 50.9 Å². The second-order valence-electron chi connectivity index (χ2n) is 4.73. The van der Waals surface area contributed by atoms with Crippen molar-refractivity contribution in [3.8, 4) is 0 Å². The number of nitrogens with two attached hydrogens (primary N) is 1. The third kappa shape index (κ3) is 3.45. The van der Waals surface area contributed by atoms with E-state index in [9.17, 15) is 0 Å². The van der Waals surface area contributed by atoms with E-state index in [-0.39, 0.29) is 0 Å². The van der Waals surface area contributed by atoms with Crippen molar-refractivity contribution in [3.05, 3.63) is 34.9 Å². The van der Waals surface area contributed by atoms with Crippen LogP contribution in [0.25, 0.3) is 10.8 Å². The normalized spacial score (nSPS) is 12.6. The third-order valence-electron chi connectivity index (χ3n) is 3.46. The Hall–Kier alpha value is -1.13. The first-order valence-electron chi connectivity index (χ1n) is 6.73. The van der Waals surface area contributed by atoms with Crippen LogP contribution in [0.1, 0.15) is 19.8 Å². The van der Waals surface area contributed by atoms with E-state index in [2.05, 4.69) is 45.3 Å². The minimum absolute atomic E-state index is 0.606. The predicted octanol–water partition coefficient (Wildman–Crippen LogP) is 3.78. The summed E-state index contributed by atoms with van der Waals surface area (Å²) < 4.78 is 1.10. The lowest BCUT2D eigenvalue weighted by Gasteiger charge is -2.16. The van der Waals surface area contributed by atoms with Crippen molar-refractivity contribution < 1.29 is 0 Å². The van der Waals surface area contributed by atoms with Gasteiger partial charge in [0.25, 0.3) is 0 Å². The Morgan fingerprint density at radius 2 is 2.16 bits per heavy atom. The fourth-order valence-electron chi connectivity index (χ4n) is 2.24. The molecular formula is C15H20BrN3. The van der Waals surface area contributed by atoms with Crippen LogP contribution in [0.15, 0.2) is 34.9 Å². The minimum Gasteiger partial charge on any atom is -0.369 e. The number of hydrogen-bond acceptors (Lipinski definition) is 3. The number of halogens is 1. The zero-order valence-corrected chi connectivity index (χ0v) is 12.8. The summed E-state index contributed by atoms with van der Waals surface area (Å²) in [6.45, 7) is 3.87. The molecule has 1 aromatic heterocycles. The first-order valence-corrected chi connectivity index (χ1v) is 7.52. The molecule has 19 heavy (non-hydrogen) atoms. The third-order valence-corrected chi connectivity index (χ3v) is 4.15. The lowest BCUT2D eigenvalue weighted by Crippen LogP contribution is -2.18. The zero-order chi connectivity index (χ0) is 13.7. The van der Waals surface area contributed by atoms with Gasteiger partial charge in [0.1, 0.15) is 5.82 Å². The molecule has 1 heterocycles. The molecule has 1 unspecified atom stereocenters. The second kappa shape index (κ2) is 6.87. The molecule has 1 atom stereocenters. The molecule has 102 valence electrons. The smallest absolute Gasteiger partial charge is 0.133 e. The van der Waals surface area contributed by atoms with Gasteiger partial charge in [-0.3, -0.25) is 0 Å². The number of anilines is 1. The fraction of sp³-hybridized carbons (Fsp3) is 0.400. The first-order chi connectivity index (χ1) is 9.26. The molecule has 3 N–H and O–H groups in total. The summed E-state index contributed by atoms with van der Waals surface area (Å²) in [7, 11) is 0. The number of pyridine rings is 1. The van der Waals surface area contributed by atoms with Crippen molar-refractivity contribution in [2.45, 2.75) is 19.8 Å². The van der Waals surface area contributed by atoms with Crippen LogP contribution in [0, 0.1) is 5.92 Å². The van der Waals surface area contributed by atoms with Gasteiger partial charge in [0.2, 0.25) is 0 Å². The summed E-state index contributed by atoms with van der Waals surface area (Å²) >= 11 is 3.58.